The summed E-state index contributed by atoms with van der Waals surface area (Å²) in [5.74, 6) is -1.30. The van der Waals surface area contributed by atoms with Crippen molar-refractivity contribution < 1.29 is 46.6 Å². The number of pyridine rings is 1. The van der Waals surface area contributed by atoms with Crippen LogP contribution >= 0.6 is 0 Å². The Hall–Kier alpha value is -5.65. The van der Waals surface area contributed by atoms with E-state index in [1.54, 1.807) is 27.3 Å². The Balaban J connectivity index is 0.901. The van der Waals surface area contributed by atoms with Gasteiger partial charge in [0.05, 0.1) is 48.6 Å². The zero-order valence-electron chi connectivity index (χ0n) is 50.4. The molecule has 4 amide bonds. The van der Waals surface area contributed by atoms with Crippen LogP contribution in [0.3, 0.4) is 0 Å². The van der Waals surface area contributed by atoms with E-state index >= 15 is 22.8 Å². The monoisotopic (exact) mass is 1170 g/mol. The fourth-order valence-corrected chi connectivity index (χ4v) is 14.2. The molecule has 84 heavy (non-hydrogen) atoms. The number of fused-ring (bicyclic) bond motifs is 6. The van der Waals surface area contributed by atoms with Crippen molar-refractivity contribution in [3.63, 3.8) is 0 Å². The normalized spacial score (nSPS) is 27.9. The number of likely N-dealkylation sites (N-methyl/N-ethyl adjacent to an activating group) is 1. The molecule has 3 aromatic rings. The number of likely N-dealkylation sites (tertiary alicyclic amines) is 2. The number of hydrogen-bond donors (Lipinski definition) is 2. The molecule has 6 bridgehead atoms. The second kappa shape index (κ2) is 23.9. The lowest BCUT2D eigenvalue weighted by Crippen LogP contribution is -2.63. The average molecular weight is 1170 g/mol. The maximum Gasteiger partial charge on any atom is 0.406 e. The molecule has 1 spiro atoms. The van der Waals surface area contributed by atoms with E-state index in [4.69, 9.17) is 14.5 Å². The minimum Gasteiger partial charge on any atom is -0.464 e. The number of rotatable bonds is 13. The summed E-state index contributed by atoms with van der Waals surface area (Å²) in [6.07, 6.45) is 4.66. The quantitative estimate of drug-likeness (QED) is 0.170. The molecule has 0 radical (unpaired) electrons. The third kappa shape index (κ3) is 12.9. The van der Waals surface area contributed by atoms with Crippen molar-refractivity contribution in [1.29, 1.82) is 0 Å². The number of alkyl halides is 3. The third-order valence-corrected chi connectivity index (χ3v) is 19.1. The second-order valence-electron chi connectivity index (χ2n) is 26.7. The minimum absolute atomic E-state index is 0.0362. The van der Waals surface area contributed by atoms with Gasteiger partial charge in [0.2, 0.25) is 17.7 Å². The maximum absolute atomic E-state index is 15.2. The van der Waals surface area contributed by atoms with Gasteiger partial charge in [-0.05, 0) is 106 Å². The first kappa shape index (κ1) is 60.1. The fraction of sp³-hybridized carbons (Fsp3) is 0.677. The van der Waals surface area contributed by atoms with E-state index in [1.807, 2.05) is 68.8 Å². The summed E-state index contributed by atoms with van der Waals surface area (Å²) in [4.78, 5) is 90.0. The number of ether oxygens (including phenoxy) is 2. The highest BCUT2D eigenvalue weighted by molar-refractivity contribution is 5.96. The minimum atomic E-state index is -4.59. The molecule has 11 rings (SSSR count). The van der Waals surface area contributed by atoms with Crippen LogP contribution in [-0.2, 0) is 46.4 Å². The molecule has 19 nitrogen and oxygen atoms in total. The average Bonchev–Trinajstić information content (AvgIpc) is 2.17. The van der Waals surface area contributed by atoms with Gasteiger partial charge in [-0.15, -0.1) is 0 Å². The van der Waals surface area contributed by atoms with Gasteiger partial charge in [0.1, 0.15) is 24.7 Å². The van der Waals surface area contributed by atoms with Gasteiger partial charge < -0.3 is 34.1 Å². The fourth-order valence-electron chi connectivity index (χ4n) is 14.2. The molecular weight excluding hydrogens is 1080 g/mol. The van der Waals surface area contributed by atoms with Crippen molar-refractivity contribution in [2.75, 3.05) is 124 Å². The molecule has 1 aromatic carbocycles. The van der Waals surface area contributed by atoms with E-state index in [9.17, 15) is 14.4 Å². The summed E-state index contributed by atoms with van der Waals surface area (Å²) in [7, 11) is 5.00. The first-order valence-corrected chi connectivity index (χ1v) is 30.6. The van der Waals surface area contributed by atoms with E-state index in [1.165, 1.54) is 27.3 Å². The van der Waals surface area contributed by atoms with Gasteiger partial charge in [-0.1, -0.05) is 39.8 Å². The smallest absolute Gasteiger partial charge is 0.406 e. The number of cyclic esters (lactones) is 1. The summed E-state index contributed by atoms with van der Waals surface area (Å²) in [6, 6.07) is 5.57. The number of carbonyl (C=O) groups is 5. The summed E-state index contributed by atoms with van der Waals surface area (Å²) < 4.78 is 59.2. The van der Waals surface area contributed by atoms with Crippen molar-refractivity contribution >= 4 is 51.8 Å². The number of benzene rings is 1. The second-order valence-corrected chi connectivity index (χ2v) is 26.7. The predicted octanol–water partition coefficient (Wildman–Crippen LogP) is 5.17. The maximum atomic E-state index is 15.2. The zero-order valence-corrected chi connectivity index (χ0v) is 50.4. The van der Waals surface area contributed by atoms with Gasteiger partial charge in [0.25, 0.3) is 5.91 Å². The first-order chi connectivity index (χ1) is 40.0. The van der Waals surface area contributed by atoms with Crippen LogP contribution in [0.2, 0.25) is 0 Å². The van der Waals surface area contributed by atoms with Gasteiger partial charge in [-0.25, -0.2) is 5.43 Å². The summed E-state index contributed by atoms with van der Waals surface area (Å²) >= 11 is 0. The molecule has 7 aliphatic heterocycles. The topological polar surface area (TPSA) is 171 Å². The lowest BCUT2D eigenvalue weighted by atomic mass is 9.84. The number of carbonyl (C=O) groups excluding carboxylic acids is 5. The highest BCUT2D eigenvalue weighted by Gasteiger charge is 2.52. The van der Waals surface area contributed by atoms with Crippen molar-refractivity contribution in [3.8, 4) is 11.3 Å². The molecule has 2 N–H and O–H groups in total. The highest BCUT2D eigenvalue weighted by Crippen LogP contribution is 2.45. The Bertz CT molecular complexity index is 3030. The van der Waals surface area contributed by atoms with E-state index in [-0.39, 0.29) is 67.1 Å². The highest BCUT2D eigenvalue weighted by atomic mass is 19.4. The lowest BCUT2D eigenvalue weighted by molar-refractivity contribution is -0.155. The Morgan fingerprint density at radius 1 is 0.952 bits per heavy atom. The Morgan fingerprint density at radius 3 is 2.43 bits per heavy atom. The van der Waals surface area contributed by atoms with Crippen LogP contribution in [0.25, 0.3) is 27.7 Å². The Kier molecular flexibility index (Phi) is 17.1. The number of nitrogens with zero attached hydrogens (tertiary/aromatic N) is 10. The van der Waals surface area contributed by atoms with E-state index < -0.39 is 48.3 Å². The van der Waals surface area contributed by atoms with Crippen LogP contribution in [0.5, 0.6) is 0 Å². The van der Waals surface area contributed by atoms with Gasteiger partial charge in [0, 0.05) is 133 Å². The molecule has 1 saturated carbocycles. The number of aromatic nitrogens is 2. The van der Waals surface area contributed by atoms with Gasteiger partial charge >= 0.3 is 12.1 Å². The largest absolute Gasteiger partial charge is 0.464 e. The molecule has 8 aliphatic rings. The number of esters is 1. The number of anilines is 1. The SMILES string of the molecule is CO[C@@H](C)c1ncc(N2CCN(C3CC3)CC2)cc1-c1c2c3cc(ccc3n1CC(F)(F)F)C1=CCCN(C1)C[C@H](NC(=O)C(C(C)C)N1CC[C@]3(CCN(C(=O)[C@H]4CN4CC(=O)N(C)C)C3)C1)C(=O)N1CCC[C@H](N1)C(=O)OCC(C)(C)C2. The van der Waals surface area contributed by atoms with Crippen LogP contribution in [0.4, 0.5) is 18.9 Å². The lowest BCUT2D eigenvalue weighted by Gasteiger charge is -2.38. The van der Waals surface area contributed by atoms with E-state index in [0.717, 1.165) is 55.8 Å². The molecule has 6 fully saturated rings. The van der Waals surface area contributed by atoms with Gasteiger partial charge in [-0.3, -0.25) is 53.6 Å². The van der Waals surface area contributed by atoms with Crippen molar-refractivity contribution in [1.82, 2.24) is 54.7 Å². The summed E-state index contributed by atoms with van der Waals surface area (Å²) in [6.45, 7) is 16.5. The molecule has 2 aromatic heterocycles. The predicted molar refractivity (Wildman–Crippen MR) is 313 cm³/mol. The summed E-state index contributed by atoms with van der Waals surface area (Å²) in [5, 5.41) is 5.36. The molecule has 22 heteroatoms. The summed E-state index contributed by atoms with van der Waals surface area (Å²) in [5.41, 5.74) is 7.41. The van der Waals surface area contributed by atoms with Crippen LogP contribution in [-0.4, -0.2) is 229 Å². The van der Waals surface area contributed by atoms with Gasteiger partial charge in [-0.2, -0.15) is 13.2 Å². The molecule has 8 atom stereocenters. The number of piperazine rings is 1. The standard InChI is InChI=1S/C62H87F3N12O7/c1-39(2)54(73-21-17-61(35-73)18-22-74(36-61)58(81)51-33-75(51)34-52(78)69(6)7)56(79)67-49-32-70-19-9-11-42(31-70)41-13-16-50-45(27-41)47(29-60(4,5)38-84-59(82)48-12-10-20-77(68-48)57(49)80)55(76(50)37-62(63,64)65)46-28-44(30-66-53(46)40(3)83-8)72-25-23-71(24-26-72)43-14-15-43/h11,13,16,27-28,30,39-40,43,48-49,51,54,68H,9-10,12,14-15,17-26,29,31-38H2,1-8H3,(H,67,79)/t40-,48-,49-,51+,54?,61-,75?/m0/s1. The number of amides is 4. The molecule has 3 unspecified atom stereocenters. The van der Waals surface area contributed by atoms with Gasteiger partial charge in [0.15, 0.2) is 0 Å². The van der Waals surface area contributed by atoms with E-state index in [0.29, 0.717) is 111 Å². The van der Waals surface area contributed by atoms with Crippen LogP contribution < -0.4 is 15.6 Å². The Labute approximate surface area is 492 Å². The zero-order chi connectivity index (χ0) is 59.6. The van der Waals surface area contributed by atoms with Crippen molar-refractivity contribution in [2.45, 2.75) is 135 Å². The number of halogens is 3. The third-order valence-electron chi connectivity index (χ3n) is 19.1. The first-order valence-electron chi connectivity index (χ1n) is 30.6. The molecule has 458 valence electrons. The van der Waals surface area contributed by atoms with Crippen LogP contribution in [0.15, 0.2) is 36.5 Å². The van der Waals surface area contributed by atoms with E-state index in [2.05, 4.69) is 36.4 Å². The van der Waals surface area contributed by atoms with Crippen molar-refractivity contribution in [2.24, 2.45) is 16.7 Å². The number of hydrazine groups is 1. The molecule has 1 aliphatic carbocycles. The number of hydrogen-bond acceptors (Lipinski definition) is 14. The van der Waals surface area contributed by atoms with Crippen LogP contribution in [0.1, 0.15) is 102 Å². The van der Waals surface area contributed by atoms with Crippen molar-refractivity contribution in [3.05, 3.63) is 53.4 Å². The number of nitrogens with one attached hydrogen (secondary N) is 2. The molecule has 9 heterocycles. The molecule has 5 saturated heterocycles. The van der Waals surface area contributed by atoms with Crippen LogP contribution in [0, 0.1) is 16.7 Å². The Morgan fingerprint density at radius 2 is 1.71 bits per heavy atom. The number of methoxy groups -OCH3 is 1. The molecular formula is C62H87F3N12O7.